The van der Waals surface area contributed by atoms with E-state index in [-0.39, 0.29) is 16.0 Å². The van der Waals surface area contributed by atoms with E-state index >= 15 is 0 Å². The number of sulfone groups is 1. The van der Waals surface area contributed by atoms with Gasteiger partial charge in [-0.25, -0.2) is 18.0 Å². The average molecular weight is 258 g/mol. The molecule has 1 aromatic rings. The van der Waals surface area contributed by atoms with Crippen LogP contribution in [0, 0.1) is 6.92 Å². The zero-order chi connectivity index (χ0) is 13.4. The SMILES string of the molecule is Cc1c(C(=O)O)ccc(S(C)(=O)=O)c1C(=O)O. The molecule has 17 heavy (non-hydrogen) atoms. The molecular formula is C10H10O6S. The highest BCUT2D eigenvalue weighted by Crippen LogP contribution is 2.23. The fourth-order valence-electron chi connectivity index (χ4n) is 1.49. The molecular weight excluding hydrogens is 248 g/mol. The Hall–Kier alpha value is -1.89. The maximum absolute atomic E-state index is 11.4. The van der Waals surface area contributed by atoms with Gasteiger partial charge in [-0.1, -0.05) is 0 Å². The van der Waals surface area contributed by atoms with Crippen molar-refractivity contribution in [2.24, 2.45) is 0 Å². The van der Waals surface area contributed by atoms with Gasteiger partial charge in [-0.2, -0.15) is 0 Å². The van der Waals surface area contributed by atoms with E-state index in [1.54, 1.807) is 0 Å². The minimum Gasteiger partial charge on any atom is -0.478 e. The Morgan fingerprint density at radius 1 is 1.12 bits per heavy atom. The van der Waals surface area contributed by atoms with Crippen LogP contribution >= 0.6 is 0 Å². The first-order valence-electron chi connectivity index (χ1n) is 4.46. The quantitative estimate of drug-likeness (QED) is 0.829. The van der Waals surface area contributed by atoms with E-state index in [2.05, 4.69) is 0 Å². The summed E-state index contributed by atoms with van der Waals surface area (Å²) < 4.78 is 22.8. The maximum Gasteiger partial charge on any atom is 0.337 e. The molecule has 0 atom stereocenters. The molecule has 92 valence electrons. The minimum atomic E-state index is -3.72. The first-order chi connectivity index (χ1) is 7.66. The molecule has 0 amide bonds. The fraction of sp³-hybridized carbons (Fsp3) is 0.200. The van der Waals surface area contributed by atoms with E-state index in [0.717, 1.165) is 18.4 Å². The number of carboxylic acid groups (broad SMARTS) is 2. The van der Waals surface area contributed by atoms with Gasteiger partial charge in [-0.15, -0.1) is 0 Å². The monoisotopic (exact) mass is 258 g/mol. The van der Waals surface area contributed by atoms with Gasteiger partial charge >= 0.3 is 11.9 Å². The molecule has 0 bridgehead atoms. The van der Waals surface area contributed by atoms with Gasteiger partial charge in [0, 0.05) is 6.26 Å². The van der Waals surface area contributed by atoms with Crippen LogP contribution in [-0.4, -0.2) is 36.8 Å². The highest BCUT2D eigenvalue weighted by molar-refractivity contribution is 7.90. The van der Waals surface area contributed by atoms with Crippen molar-refractivity contribution in [1.82, 2.24) is 0 Å². The second kappa shape index (κ2) is 4.17. The molecule has 2 N–H and O–H groups in total. The van der Waals surface area contributed by atoms with Crippen molar-refractivity contribution >= 4 is 21.8 Å². The smallest absolute Gasteiger partial charge is 0.337 e. The highest BCUT2D eigenvalue weighted by atomic mass is 32.2. The van der Waals surface area contributed by atoms with Gasteiger partial charge < -0.3 is 10.2 Å². The molecule has 0 aliphatic heterocycles. The predicted octanol–water partition coefficient (Wildman–Crippen LogP) is 0.795. The van der Waals surface area contributed by atoms with E-state index in [1.807, 2.05) is 0 Å². The number of carbonyl (C=O) groups is 2. The van der Waals surface area contributed by atoms with Crippen LogP contribution in [0.5, 0.6) is 0 Å². The summed E-state index contributed by atoms with van der Waals surface area (Å²) in [6.07, 6.45) is 0.870. The second-order valence-corrected chi connectivity index (χ2v) is 5.48. The van der Waals surface area contributed by atoms with Crippen LogP contribution in [0.25, 0.3) is 0 Å². The molecule has 7 heteroatoms. The first kappa shape index (κ1) is 13.2. The number of hydrogen-bond acceptors (Lipinski definition) is 4. The Bertz CT molecular complexity index is 599. The van der Waals surface area contributed by atoms with Crippen molar-refractivity contribution in [1.29, 1.82) is 0 Å². The molecule has 0 aliphatic carbocycles. The molecule has 0 unspecified atom stereocenters. The number of hydrogen-bond donors (Lipinski definition) is 2. The van der Waals surface area contributed by atoms with Crippen LogP contribution in [0.4, 0.5) is 0 Å². The Kier molecular flexibility index (Phi) is 3.23. The van der Waals surface area contributed by atoms with Crippen molar-refractivity contribution in [3.63, 3.8) is 0 Å². The van der Waals surface area contributed by atoms with E-state index < -0.39 is 27.3 Å². The van der Waals surface area contributed by atoms with E-state index in [9.17, 15) is 18.0 Å². The second-order valence-electron chi connectivity index (χ2n) is 3.49. The molecule has 6 nitrogen and oxygen atoms in total. The Morgan fingerprint density at radius 2 is 1.65 bits per heavy atom. The number of carboxylic acids is 2. The molecule has 0 fully saturated rings. The standard InChI is InChI=1S/C10H10O6S/c1-5-6(9(11)12)3-4-7(17(2,15)16)8(5)10(13)14/h3-4H,1-2H3,(H,11,12)(H,13,14). The Morgan fingerprint density at radius 3 is 2.00 bits per heavy atom. The largest absolute Gasteiger partial charge is 0.478 e. The number of benzene rings is 1. The van der Waals surface area contributed by atoms with Crippen LogP contribution in [0.1, 0.15) is 26.3 Å². The molecule has 1 aromatic carbocycles. The van der Waals surface area contributed by atoms with Gasteiger partial charge in [-0.05, 0) is 24.6 Å². The van der Waals surface area contributed by atoms with Crippen molar-refractivity contribution < 1.29 is 28.2 Å². The lowest BCUT2D eigenvalue weighted by Crippen LogP contribution is -2.13. The molecule has 0 heterocycles. The van der Waals surface area contributed by atoms with E-state index in [0.29, 0.717) is 0 Å². The van der Waals surface area contributed by atoms with Crippen molar-refractivity contribution in [3.8, 4) is 0 Å². The van der Waals surface area contributed by atoms with Gasteiger partial charge in [0.15, 0.2) is 9.84 Å². The maximum atomic E-state index is 11.4. The van der Waals surface area contributed by atoms with Gasteiger partial charge in [-0.3, -0.25) is 0 Å². The predicted molar refractivity (Wildman–Crippen MR) is 58.2 cm³/mol. The third-order valence-corrected chi connectivity index (χ3v) is 3.41. The summed E-state index contributed by atoms with van der Waals surface area (Å²) in [6.45, 7) is 1.27. The molecule has 1 rings (SSSR count). The highest BCUT2D eigenvalue weighted by Gasteiger charge is 2.24. The van der Waals surface area contributed by atoms with Gasteiger partial charge in [0.05, 0.1) is 16.0 Å². The Labute approximate surface area is 97.4 Å². The zero-order valence-corrected chi connectivity index (χ0v) is 9.91. The lowest BCUT2D eigenvalue weighted by molar-refractivity contribution is 0.0691. The van der Waals surface area contributed by atoms with Crippen molar-refractivity contribution in [2.75, 3.05) is 6.26 Å². The number of aromatic carboxylic acids is 2. The lowest BCUT2D eigenvalue weighted by atomic mass is 10.0. The summed E-state index contributed by atoms with van der Waals surface area (Å²) in [5.41, 5.74) is -0.796. The topological polar surface area (TPSA) is 109 Å². The summed E-state index contributed by atoms with van der Waals surface area (Å²) in [5.74, 6) is -2.77. The first-order valence-corrected chi connectivity index (χ1v) is 6.35. The molecule has 0 aliphatic rings. The van der Waals surface area contributed by atoms with Gasteiger partial charge in [0.2, 0.25) is 0 Å². The third kappa shape index (κ3) is 2.44. The number of rotatable bonds is 3. The van der Waals surface area contributed by atoms with Crippen LogP contribution in [0.3, 0.4) is 0 Å². The summed E-state index contributed by atoms with van der Waals surface area (Å²) in [5, 5.41) is 17.8. The summed E-state index contributed by atoms with van der Waals surface area (Å²) in [4.78, 5) is 21.4. The van der Waals surface area contributed by atoms with Gasteiger partial charge in [0.25, 0.3) is 0 Å². The van der Waals surface area contributed by atoms with Crippen LogP contribution in [0.15, 0.2) is 17.0 Å². The molecule has 0 aromatic heterocycles. The van der Waals surface area contributed by atoms with Crippen LogP contribution in [0.2, 0.25) is 0 Å². The average Bonchev–Trinajstić information content (AvgIpc) is 2.14. The third-order valence-electron chi connectivity index (χ3n) is 2.27. The summed E-state index contributed by atoms with van der Waals surface area (Å²) >= 11 is 0. The van der Waals surface area contributed by atoms with Crippen molar-refractivity contribution in [2.45, 2.75) is 11.8 Å². The van der Waals surface area contributed by atoms with Crippen molar-refractivity contribution in [3.05, 3.63) is 28.8 Å². The lowest BCUT2D eigenvalue weighted by Gasteiger charge is -2.09. The Balaban J connectivity index is 3.75. The minimum absolute atomic E-state index is 0.0760. The molecule has 0 radical (unpaired) electrons. The van der Waals surface area contributed by atoms with E-state index in [1.165, 1.54) is 6.92 Å². The fourth-order valence-corrected chi connectivity index (χ4v) is 2.42. The summed E-state index contributed by atoms with van der Waals surface area (Å²) in [6, 6.07) is 2.08. The summed E-state index contributed by atoms with van der Waals surface area (Å²) in [7, 11) is -3.72. The van der Waals surface area contributed by atoms with Crippen LogP contribution in [-0.2, 0) is 9.84 Å². The zero-order valence-electron chi connectivity index (χ0n) is 9.09. The normalized spacial score (nSPS) is 11.2. The van der Waals surface area contributed by atoms with Crippen LogP contribution < -0.4 is 0 Å². The molecule has 0 spiro atoms. The van der Waals surface area contributed by atoms with E-state index in [4.69, 9.17) is 10.2 Å². The molecule has 0 saturated carbocycles. The van der Waals surface area contributed by atoms with Gasteiger partial charge in [0.1, 0.15) is 0 Å². The molecule has 0 saturated heterocycles.